The molecule has 0 saturated carbocycles. The molecule has 1 aliphatic rings. The van der Waals surface area contributed by atoms with E-state index < -0.39 is 24.7 Å². The van der Waals surface area contributed by atoms with E-state index in [4.69, 9.17) is 8.85 Å². The van der Waals surface area contributed by atoms with E-state index in [-0.39, 0.29) is 0 Å². The van der Waals surface area contributed by atoms with Crippen molar-refractivity contribution in [2.45, 2.75) is 69.9 Å². The number of hydrogen-bond acceptors (Lipinski definition) is 4. The van der Waals surface area contributed by atoms with Gasteiger partial charge in [0, 0.05) is 49.0 Å². The maximum atomic E-state index is 6.04. The number of rotatable bonds is 10. The van der Waals surface area contributed by atoms with Crippen molar-refractivity contribution in [2.75, 3.05) is 47.1 Å². The maximum absolute atomic E-state index is 6.04. The Hall–Kier alpha value is 0.491. The third kappa shape index (κ3) is 7.94. The quantitative estimate of drug-likeness (QED) is 0.505. The summed E-state index contributed by atoms with van der Waals surface area (Å²) in [4.78, 5) is 5.37. The Bertz CT molecular complexity index is 358. The van der Waals surface area contributed by atoms with E-state index in [0.29, 0.717) is 5.54 Å². The third-order valence-electron chi connectivity index (χ3n) is 5.52. The van der Waals surface area contributed by atoms with Crippen LogP contribution in [-0.4, -0.2) is 81.6 Å². The first kappa shape index (κ1) is 23.5. The Morgan fingerprint density at radius 2 is 1.20 bits per heavy atom. The first-order valence-electron chi connectivity index (χ1n) is 10.00. The van der Waals surface area contributed by atoms with Gasteiger partial charge in [0.05, 0.1) is 6.67 Å². The second kappa shape index (κ2) is 9.61. The van der Waals surface area contributed by atoms with Crippen LogP contribution >= 0.6 is 0 Å². The SMILES string of the molecule is CC[Si](OC)(OC)C1CN(CC[Si](C)(C)C)CN(CC[Si](C)(C)C)C1. The van der Waals surface area contributed by atoms with Crippen molar-refractivity contribution in [2.24, 2.45) is 0 Å². The number of nitrogens with zero attached hydrogens (tertiary/aromatic N) is 2. The Labute approximate surface area is 160 Å². The van der Waals surface area contributed by atoms with E-state index in [0.717, 1.165) is 25.8 Å². The minimum Gasteiger partial charge on any atom is -0.397 e. The summed E-state index contributed by atoms with van der Waals surface area (Å²) in [6.07, 6.45) is 0. The Morgan fingerprint density at radius 3 is 1.48 bits per heavy atom. The highest BCUT2D eigenvalue weighted by Crippen LogP contribution is 2.32. The molecule has 4 nitrogen and oxygen atoms in total. The van der Waals surface area contributed by atoms with Gasteiger partial charge in [0.2, 0.25) is 0 Å². The Kier molecular flexibility index (Phi) is 9.05. The van der Waals surface area contributed by atoms with Crippen molar-refractivity contribution in [3.05, 3.63) is 0 Å². The van der Waals surface area contributed by atoms with Gasteiger partial charge in [-0.1, -0.05) is 46.2 Å². The molecule has 1 saturated heterocycles. The largest absolute Gasteiger partial charge is 0.397 e. The average molecular weight is 405 g/mol. The van der Waals surface area contributed by atoms with Crippen LogP contribution in [0.1, 0.15) is 6.92 Å². The molecule has 150 valence electrons. The highest BCUT2D eigenvalue weighted by molar-refractivity contribution is 6.76. The minimum atomic E-state index is -2.11. The highest BCUT2D eigenvalue weighted by atomic mass is 28.4. The average Bonchev–Trinajstić information content (AvgIpc) is 2.52. The monoisotopic (exact) mass is 404 g/mol. The molecule has 25 heavy (non-hydrogen) atoms. The fraction of sp³-hybridized carbons (Fsp3) is 1.00. The van der Waals surface area contributed by atoms with Gasteiger partial charge in [-0.2, -0.15) is 0 Å². The van der Waals surface area contributed by atoms with Gasteiger partial charge >= 0.3 is 8.56 Å². The van der Waals surface area contributed by atoms with Crippen LogP contribution < -0.4 is 0 Å². The molecule has 0 radical (unpaired) electrons. The van der Waals surface area contributed by atoms with Gasteiger partial charge in [-0.05, 0) is 31.2 Å². The lowest BCUT2D eigenvalue weighted by Crippen LogP contribution is -2.58. The van der Waals surface area contributed by atoms with Crippen molar-refractivity contribution < 1.29 is 8.85 Å². The van der Waals surface area contributed by atoms with Gasteiger partial charge in [-0.25, -0.2) is 0 Å². The molecule has 0 aliphatic carbocycles. The van der Waals surface area contributed by atoms with Gasteiger partial charge in [-0.3, -0.25) is 9.80 Å². The van der Waals surface area contributed by atoms with Crippen LogP contribution in [0.15, 0.2) is 0 Å². The predicted molar refractivity (Wildman–Crippen MR) is 118 cm³/mol. The Balaban J connectivity index is 2.85. The van der Waals surface area contributed by atoms with E-state index in [9.17, 15) is 0 Å². The minimum absolute atomic E-state index is 0.546. The fourth-order valence-electron chi connectivity index (χ4n) is 3.66. The van der Waals surface area contributed by atoms with E-state index in [1.54, 1.807) is 0 Å². The van der Waals surface area contributed by atoms with Gasteiger partial charge in [0.1, 0.15) is 0 Å². The molecule has 0 amide bonds. The van der Waals surface area contributed by atoms with Crippen molar-refractivity contribution in [3.63, 3.8) is 0 Å². The predicted octanol–water partition coefficient (Wildman–Crippen LogP) is 4.36. The summed E-state index contributed by atoms with van der Waals surface area (Å²) < 4.78 is 12.1. The standard InChI is InChI=1S/C18H44N2O2Si3/c1-10-25(21-2,22-3)18-15-19(11-13-23(4,5)6)17-20(16-18)12-14-24(7,8)9/h18H,10-17H2,1-9H3. The first-order chi connectivity index (χ1) is 11.4. The van der Waals surface area contributed by atoms with Crippen molar-refractivity contribution in [1.29, 1.82) is 0 Å². The molecule has 0 N–H and O–H groups in total. The van der Waals surface area contributed by atoms with Gasteiger partial charge in [0.15, 0.2) is 0 Å². The van der Waals surface area contributed by atoms with Crippen LogP contribution in [0.3, 0.4) is 0 Å². The Morgan fingerprint density at radius 1 is 0.800 bits per heavy atom. The van der Waals surface area contributed by atoms with E-state index >= 15 is 0 Å². The topological polar surface area (TPSA) is 24.9 Å². The van der Waals surface area contributed by atoms with Crippen LogP contribution in [0.2, 0.25) is 63.0 Å². The molecule has 0 aromatic rings. The summed E-state index contributed by atoms with van der Waals surface area (Å²) in [6, 6.07) is 3.79. The molecule has 1 rings (SSSR count). The van der Waals surface area contributed by atoms with Crippen molar-refractivity contribution in [1.82, 2.24) is 9.80 Å². The van der Waals surface area contributed by atoms with Gasteiger partial charge in [-0.15, -0.1) is 0 Å². The van der Waals surface area contributed by atoms with Crippen LogP contribution in [0.4, 0.5) is 0 Å². The van der Waals surface area contributed by atoms with Crippen LogP contribution in [0.5, 0.6) is 0 Å². The van der Waals surface area contributed by atoms with Crippen LogP contribution in [0.25, 0.3) is 0 Å². The lowest BCUT2D eigenvalue weighted by atomic mass is 10.3. The highest BCUT2D eigenvalue weighted by Gasteiger charge is 2.46. The van der Waals surface area contributed by atoms with E-state index in [1.165, 1.54) is 25.2 Å². The molecule has 0 aromatic carbocycles. The first-order valence-corrected chi connectivity index (χ1v) is 19.5. The fourth-order valence-corrected chi connectivity index (χ4v) is 8.70. The molecule has 0 aromatic heterocycles. The zero-order valence-corrected chi connectivity index (χ0v) is 21.4. The molecule has 1 heterocycles. The summed E-state index contributed by atoms with van der Waals surface area (Å²) in [5, 5.41) is 0. The second-order valence-electron chi connectivity index (χ2n) is 10.2. The third-order valence-corrected chi connectivity index (χ3v) is 12.9. The zero-order chi connectivity index (χ0) is 19.3. The van der Waals surface area contributed by atoms with E-state index in [2.05, 4.69) is 56.0 Å². The maximum Gasteiger partial charge on any atom is 0.343 e. The lowest BCUT2D eigenvalue weighted by Gasteiger charge is -2.46. The lowest BCUT2D eigenvalue weighted by molar-refractivity contribution is 0.0767. The molecule has 0 atom stereocenters. The smallest absolute Gasteiger partial charge is 0.343 e. The number of hydrogen-bond donors (Lipinski definition) is 0. The summed E-state index contributed by atoms with van der Waals surface area (Å²) in [7, 11) is -0.393. The molecular formula is C18H44N2O2Si3. The molecular weight excluding hydrogens is 360 g/mol. The van der Waals surface area contributed by atoms with Gasteiger partial charge in [0.25, 0.3) is 0 Å². The second-order valence-corrected chi connectivity index (χ2v) is 25.4. The van der Waals surface area contributed by atoms with Crippen LogP contribution in [-0.2, 0) is 8.85 Å². The molecule has 0 unspecified atom stereocenters. The zero-order valence-electron chi connectivity index (χ0n) is 18.4. The molecule has 0 spiro atoms. The molecule has 0 bridgehead atoms. The van der Waals surface area contributed by atoms with Crippen molar-refractivity contribution >= 4 is 24.7 Å². The summed E-state index contributed by atoms with van der Waals surface area (Å²) >= 11 is 0. The molecule has 7 heteroatoms. The summed E-state index contributed by atoms with van der Waals surface area (Å²) in [6.45, 7) is 23.0. The van der Waals surface area contributed by atoms with Crippen LogP contribution in [0, 0.1) is 0 Å². The van der Waals surface area contributed by atoms with Gasteiger partial charge < -0.3 is 8.85 Å². The summed E-state index contributed by atoms with van der Waals surface area (Å²) in [5.41, 5.74) is 0.546. The van der Waals surface area contributed by atoms with E-state index in [1.807, 2.05) is 14.2 Å². The summed E-state index contributed by atoms with van der Waals surface area (Å²) in [5.74, 6) is 0. The molecule has 1 fully saturated rings. The molecule has 1 aliphatic heterocycles. The van der Waals surface area contributed by atoms with Crippen molar-refractivity contribution in [3.8, 4) is 0 Å². The normalized spacial score (nSPS) is 19.6.